The van der Waals surface area contributed by atoms with Crippen LogP contribution < -0.4 is 5.32 Å². The van der Waals surface area contributed by atoms with Crippen molar-refractivity contribution in [3.05, 3.63) is 53.7 Å². The average Bonchev–Trinajstić information content (AvgIpc) is 3.31. The van der Waals surface area contributed by atoms with Gasteiger partial charge in [-0.2, -0.15) is 0 Å². The molecule has 4 rings (SSSR count). The summed E-state index contributed by atoms with van der Waals surface area (Å²) in [6.45, 7) is 8.19. The van der Waals surface area contributed by atoms with Crippen LogP contribution in [0.5, 0.6) is 0 Å². The fourth-order valence-electron chi connectivity index (χ4n) is 4.25. The van der Waals surface area contributed by atoms with E-state index in [9.17, 15) is 4.39 Å². The standard InChI is InChI=1S/C22H31FN6O2/c1-24-22(29-8-6-27(7-9-29)17-20-5-12-31-26-20)25-16-21(28-10-13-30-14-11-28)18-3-2-4-19(23)15-18/h2-5,12,15,21H,6-11,13-14,16-17H2,1H3,(H,24,25). The smallest absolute Gasteiger partial charge is 0.193 e. The number of ether oxygens (including phenoxy) is 1. The number of nitrogens with one attached hydrogen (secondary N) is 1. The highest BCUT2D eigenvalue weighted by Crippen LogP contribution is 2.22. The summed E-state index contributed by atoms with van der Waals surface area (Å²) in [7, 11) is 1.82. The Balaban J connectivity index is 1.35. The number of guanidine groups is 1. The molecule has 0 aliphatic carbocycles. The molecule has 2 fully saturated rings. The van der Waals surface area contributed by atoms with Crippen molar-refractivity contribution < 1.29 is 13.7 Å². The van der Waals surface area contributed by atoms with Crippen LogP contribution in [0.2, 0.25) is 0 Å². The second kappa shape index (κ2) is 10.7. The first-order valence-corrected chi connectivity index (χ1v) is 10.9. The van der Waals surface area contributed by atoms with Crippen molar-refractivity contribution >= 4 is 5.96 Å². The molecule has 9 heteroatoms. The fraction of sp³-hybridized carbons (Fsp3) is 0.545. The number of hydrogen-bond acceptors (Lipinski definition) is 6. The van der Waals surface area contributed by atoms with E-state index in [1.807, 2.05) is 19.2 Å². The number of halogens is 1. The molecular weight excluding hydrogens is 399 g/mol. The molecule has 1 aromatic carbocycles. The molecule has 2 aliphatic rings. The quantitative estimate of drug-likeness (QED) is 0.551. The van der Waals surface area contributed by atoms with Crippen LogP contribution >= 0.6 is 0 Å². The summed E-state index contributed by atoms with van der Waals surface area (Å²) < 4.78 is 24.4. The van der Waals surface area contributed by atoms with Gasteiger partial charge in [-0.05, 0) is 17.7 Å². The molecule has 2 saturated heterocycles. The Morgan fingerprint density at radius 2 is 1.97 bits per heavy atom. The third-order valence-corrected chi connectivity index (χ3v) is 5.93. The Bertz CT molecular complexity index is 832. The van der Waals surface area contributed by atoms with Crippen molar-refractivity contribution in [1.82, 2.24) is 25.2 Å². The molecule has 3 heterocycles. The van der Waals surface area contributed by atoms with Gasteiger partial charge >= 0.3 is 0 Å². The number of aromatic nitrogens is 1. The van der Waals surface area contributed by atoms with Crippen molar-refractivity contribution in [2.24, 2.45) is 4.99 Å². The van der Waals surface area contributed by atoms with Gasteiger partial charge in [-0.15, -0.1) is 0 Å². The van der Waals surface area contributed by atoms with Crippen LogP contribution in [0.15, 0.2) is 46.1 Å². The van der Waals surface area contributed by atoms with E-state index in [2.05, 4.69) is 30.2 Å². The number of piperazine rings is 1. The zero-order valence-electron chi connectivity index (χ0n) is 18.0. The molecule has 31 heavy (non-hydrogen) atoms. The Morgan fingerprint density at radius 3 is 2.65 bits per heavy atom. The molecule has 1 aromatic heterocycles. The second-order valence-corrected chi connectivity index (χ2v) is 7.90. The molecule has 0 saturated carbocycles. The van der Waals surface area contributed by atoms with Crippen LogP contribution in [0.3, 0.4) is 0 Å². The lowest BCUT2D eigenvalue weighted by atomic mass is 10.0. The van der Waals surface area contributed by atoms with Gasteiger partial charge in [-0.1, -0.05) is 17.3 Å². The SMILES string of the molecule is CN=C(NCC(c1cccc(F)c1)N1CCOCC1)N1CCN(Cc2ccon2)CC1. The molecule has 0 amide bonds. The highest BCUT2D eigenvalue weighted by Gasteiger charge is 2.25. The third-order valence-electron chi connectivity index (χ3n) is 5.93. The molecule has 1 unspecified atom stereocenters. The first kappa shape index (κ1) is 21.7. The molecule has 2 aromatic rings. The summed E-state index contributed by atoms with van der Waals surface area (Å²) in [6, 6.07) is 8.87. The van der Waals surface area contributed by atoms with E-state index in [0.717, 1.165) is 63.0 Å². The van der Waals surface area contributed by atoms with E-state index in [0.29, 0.717) is 19.8 Å². The van der Waals surface area contributed by atoms with Gasteiger partial charge in [0.2, 0.25) is 0 Å². The van der Waals surface area contributed by atoms with E-state index >= 15 is 0 Å². The lowest BCUT2D eigenvalue weighted by molar-refractivity contribution is 0.0168. The average molecular weight is 431 g/mol. The summed E-state index contributed by atoms with van der Waals surface area (Å²) in [6.07, 6.45) is 1.61. The summed E-state index contributed by atoms with van der Waals surface area (Å²) >= 11 is 0. The third kappa shape index (κ3) is 5.81. The molecule has 8 nitrogen and oxygen atoms in total. The van der Waals surface area contributed by atoms with Crippen LogP contribution in [0, 0.1) is 5.82 Å². The van der Waals surface area contributed by atoms with Crippen LogP contribution in [0.25, 0.3) is 0 Å². The van der Waals surface area contributed by atoms with E-state index < -0.39 is 0 Å². The van der Waals surface area contributed by atoms with E-state index in [1.165, 1.54) is 6.07 Å². The summed E-state index contributed by atoms with van der Waals surface area (Å²) in [5.41, 5.74) is 1.93. The molecule has 0 spiro atoms. The van der Waals surface area contributed by atoms with E-state index in [4.69, 9.17) is 9.26 Å². The molecule has 1 N–H and O–H groups in total. The summed E-state index contributed by atoms with van der Waals surface area (Å²) in [5, 5.41) is 7.54. The van der Waals surface area contributed by atoms with Crippen molar-refractivity contribution in [2.45, 2.75) is 12.6 Å². The van der Waals surface area contributed by atoms with Gasteiger partial charge in [0, 0.05) is 65.5 Å². The number of hydrogen-bond donors (Lipinski definition) is 1. The zero-order valence-corrected chi connectivity index (χ0v) is 18.0. The van der Waals surface area contributed by atoms with Crippen LogP contribution in [-0.4, -0.2) is 91.9 Å². The highest BCUT2D eigenvalue weighted by atomic mass is 19.1. The molecule has 0 bridgehead atoms. The molecular formula is C22H31FN6O2. The van der Waals surface area contributed by atoms with E-state index in [-0.39, 0.29) is 11.9 Å². The van der Waals surface area contributed by atoms with Gasteiger partial charge in [-0.3, -0.25) is 14.8 Å². The Hall–Kier alpha value is -2.49. The Labute approximate surface area is 182 Å². The van der Waals surface area contributed by atoms with Crippen LogP contribution in [-0.2, 0) is 11.3 Å². The predicted octanol–water partition coefficient (Wildman–Crippen LogP) is 1.58. The first-order chi connectivity index (χ1) is 15.2. The van der Waals surface area contributed by atoms with Gasteiger partial charge in [-0.25, -0.2) is 4.39 Å². The molecule has 1 atom stereocenters. The number of rotatable bonds is 6. The van der Waals surface area contributed by atoms with Crippen molar-refractivity contribution in [3.8, 4) is 0 Å². The number of benzene rings is 1. The van der Waals surface area contributed by atoms with Gasteiger partial charge in [0.05, 0.1) is 24.9 Å². The zero-order chi connectivity index (χ0) is 21.5. The van der Waals surface area contributed by atoms with Gasteiger partial charge in [0.15, 0.2) is 5.96 Å². The minimum Gasteiger partial charge on any atom is -0.379 e. The number of nitrogens with zero attached hydrogens (tertiary/aromatic N) is 5. The maximum Gasteiger partial charge on any atom is 0.193 e. The maximum absolute atomic E-state index is 13.9. The topological polar surface area (TPSA) is 69.4 Å². The Morgan fingerprint density at radius 1 is 1.16 bits per heavy atom. The van der Waals surface area contributed by atoms with Crippen molar-refractivity contribution in [3.63, 3.8) is 0 Å². The van der Waals surface area contributed by atoms with E-state index in [1.54, 1.807) is 18.4 Å². The first-order valence-electron chi connectivity index (χ1n) is 10.9. The van der Waals surface area contributed by atoms with Gasteiger partial charge in [0.25, 0.3) is 0 Å². The predicted molar refractivity (Wildman–Crippen MR) is 116 cm³/mol. The fourth-order valence-corrected chi connectivity index (χ4v) is 4.25. The summed E-state index contributed by atoms with van der Waals surface area (Å²) in [4.78, 5) is 11.5. The largest absolute Gasteiger partial charge is 0.379 e. The molecule has 168 valence electrons. The second-order valence-electron chi connectivity index (χ2n) is 7.90. The van der Waals surface area contributed by atoms with Gasteiger partial charge in [0.1, 0.15) is 12.1 Å². The van der Waals surface area contributed by atoms with Gasteiger partial charge < -0.3 is 19.5 Å². The summed E-state index contributed by atoms with van der Waals surface area (Å²) in [5.74, 6) is 0.680. The molecule has 2 aliphatic heterocycles. The van der Waals surface area contributed by atoms with Crippen molar-refractivity contribution in [2.75, 3.05) is 66.1 Å². The normalized spacial score (nSPS) is 20.1. The Kier molecular flexibility index (Phi) is 7.50. The monoisotopic (exact) mass is 430 g/mol. The number of aliphatic imine (C=N–C) groups is 1. The van der Waals surface area contributed by atoms with Crippen molar-refractivity contribution in [1.29, 1.82) is 0 Å². The minimum atomic E-state index is -0.205. The molecule has 0 radical (unpaired) electrons. The number of morpholine rings is 1. The minimum absolute atomic E-state index is 0.0600. The highest BCUT2D eigenvalue weighted by molar-refractivity contribution is 5.80. The lowest BCUT2D eigenvalue weighted by Crippen LogP contribution is -2.53. The maximum atomic E-state index is 13.9. The van der Waals surface area contributed by atoms with Crippen LogP contribution in [0.1, 0.15) is 17.3 Å². The van der Waals surface area contributed by atoms with Crippen LogP contribution in [0.4, 0.5) is 4.39 Å². The lowest BCUT2D eigenvalue weighted by Gasteiger charge is -2.38.